The van der Waals surface area contributed by atoms with Gasteiger partial charge in [0, 0.05) is 31.0 Å². The van der Waals surface area contributed by atoms with Gasteiger partial charge in [-0.05, 0) is 42.8 Å². The van der Waals surface area contributed by atoms with Crippen LogP contribution < -0.4 is 5.32 Å². The first-order valence-electron chi connectivity index (χ1n) is 11.4. The number of allylic oxidation sites excluding steroid dienone is 1. The predicted octanol–water partition coefficient (Wildman–Crippen LogP) is 5.41. The number of rotatable bonds is 6. The first kappa shape index (κ1) is 21.8. The highest BCUT2D eigenvalue weighted by Crippen LogP contribution is 2.27. The number of benzene rings is 1. The molecule has 31 heavy (non-hydrogen) atoms. The van der Waals surface area contributed by atoms with Crippen LogP contribution >= 0.6 is 10.5 Å². The zero-order valence-electron chi connectivity index (χ0n) is 18.5. The fraction of sp³-hybridized carbons (Fsp3) is 0.500. The van der Waals surface area contributed by atoms with E-state index in [1.165, 1.54) is 19.3 Å². The van der Waals surface area contributed by atoms with E-state index in [4.69, 9.17) is 4.98 Å². The average Bonchev–Trinajstić information content (AvgIpc) is 3.45. The Morgan fingerprint density at radius 3 is 2.77 bits per heavy atom. The molecule has 0 saturated heterocycles. The third-order valence-electron chi connectivity index (χ3n) is 6.28. The van der Waals surface area contributed by atoms with Gasteiger partial charge in [-0.25, -0.2) is 4.98 Å². The van der Waals surface area contributed by atoms with Gasteiger partial charge in [-0.15, -0.1) is 0 Å². The van der Waals surface area contributed by atoms with Crippen LogP contribution in [0.15, 0.2) is 30.4 Å². The van der Waals surface area contributed by atoms with Crippen LogP contribution in [0, 0.1) is 0 Å². The van der Waals surface area contributed by atoms with Crippen LogP contribution in [0.3, 0.4) is 0 Å². The third-order valence-corrected chi connectivity index (χ3v) is 7.90. The van der Waals surface area contributed by atoms with E-state index in [0.717, 1.165) is 49.0 Å². The van der Waals surface area contributed by atoms with Crippen LogP contribution in [-0.4, -0.2) is 49.8 Å². The second kappa shape index (κ2) is 9.81. The number of aromatic nitrogens is 2. The van der Waals surface area contributed by atoms with Crippen molar-refractivity contribution in [1.82, 2.24) is 14.5 Å². The maximum absolute atomic E-state index is 13.1. The molecule has 1 aromatic carbocycles. The molecular weight excluding hydrogens is 408 g/mol. The van der Waals surface area contributed by atoms with E-state index in [-0.39, 0.29) is 11.1 Å². The van der Waals surface area contributed by atoms with Crippen molar-refractivity contribution in [2.45, 2.75) is 64.5 Å². The van der Waals surface area contributed by atoms with Crippen LogP contribution in [0.4, 0.5) is 10.7 Å². The summed E-state index contributed by atoms with van der Waals surface area (Å²) in [6.45, 7) is 2.93. The molecule has 0 radical (unpaired) electrons. The summed E-state index contributed by atoms with van der Waals surface area (Å²) < 4.78 is 2.07. The summed E-state index contributed by atoms with van der Waals surface area (Å²) in [7, 11) is 1.49. The van der Waals surface area contributed by atoms with Crippen LogP contribution in [-0.2, 0) is 6.54 Å². The van der Waals surface area contributed by atoms with E-state index in [9.17, 15) is 9.59 Å². The van der Waals surface area contributed by atoms with Gasteiger partial charge in [0.25, 0.3) is 11.1 Å². The van der Waals surface area contributed by atoms with Crippen molar-refractivity contribution >= 4 is 44.0 Å². The number of carbonyl (C=O) groups excluding carboxylic acids is 2. The topological polar surface area (TPSA) is 67.2 Å². The number of anilines is 1. The first-order chi connectivity index (χ1) is 15.1. The quantitative estimate of drug-likeness (QED) is 0.611. The second-order valence-corrected chi connectivity index (χ2v) is 10.3. The smallest absolute Gasteiger partial charge is 0.280 e. The summed E-state index contributed by atoms with van der Waals surface area (Å²) >= 11 is 0. The molecule has 0 bridgehead atoms. The van der Waals surface area contributed by atoms with Gasteiger partial charge in [0.15, 0.2) is 0 Å². The lowest BCUT2D eigenvalue weighted by atomic mass is 9.94. The normalized spacial score (nSPS) is 18.8. The molecule has 1 fully saturated rings. The maximum atomic E-state index is 13.1. The molecule has 1 atom stereocenters. The molecule has 2 aromatic rings. The lowest BCUT2D eigenvalue weighted by molar-refractivity contribution is 0.0696. The number of hydrogen-bond acceptors (Lipinski definition) is 3. The van der Waals surface area contributed by atoms with Gasteiger partial charge in [-0.3, -0.25) is 14.9 Å². The van der Waals surface area contributed by atoms with Gasteiger partial charge in [-0.2, -0.15) is 0 Å². The number of unbranched alkanes of at least 4 members (excludes halogenated alkanes) is 1. The summed E-state index contributed by atoms with van der Waals surface area (Å²) in [6.07, 6.45) is 11.8. The van der Waals surface area contributed by atoms with E-state index in [1.54, 1.807) is 0 Å². The summed E-state index contributed by atoms with van der Waals surface area (Å²) in [5, 5.41) is 4.98. The lowest BCUT2D eigenvalue weighted by Crippen LogP contribution is -2.38. The van der Waals surface area contributed by atoms with Crippen LogP contribution in [0.1, 0.15) is 62.2 Å². The van der Waals surface area contributed by atoms with Gasteiger partial charge >= 0.3 is 0 Å². The van der Waals surface area contributed by atoms with Crippen LogP contribution in [0.5, 0.6) is 0 Å². The Hall–Kier alpha value is -2.41. The van der Waals surface area contributed by atoms with E-state index in [0.29, 0.717) is 17.6 Å². The molecule has 1 aliphatic carbocycles. The zero-order valence-corrected chi connectivity index (χ0v) is 19.3. The van der Waals surface area contributed by atoms with Crippen molar-refractivity contribution in [2.24, 2.45) is 0 Å². The van der Waals surface area contributed by atoms with Crippen molar-refractivity contribution in [2.75, 3.05) is 18.1 Å². The molecular formula is C24H32N4O2S. The number of imidazole rings is 1. The van der Waals surface area contributed by atoms with E-state index < -0.39 is 10.5 Å². The molecule has 1 N–H and O–H groups in total. The Balaban J connectivity index is 1.60. The van der Waals surface area contributed by atoms with E-state index in [1.807, 2.05) is 47.7 Å². The Labute approximate surface area is 186 Å². The first-order valence-corrected chi connectivity index (χ1v) is 12.8. The monoisotopic (exact) mass is 440 g/mol. The molecule has 1 aliphatic heterocycles. The van der Waals surface area contributed by atoms with Crippen LogP contribution in [0.2, 0.25) is 0 Å². The fourth-order valence-corrected chi connectivity index (χ4v) is 5.63. The highest BCUT2D eigenvalue weighted by molar-refractivity contribution is 8.28. The molecule has 1 aromatic heterocycles. The second-order valence-electron chi connectivity index (χ2n) is 8.42. The number of carbonyl (C=O) groups is 2. The Kier molecular flexibility index (Phi) is 6.90. The van der Waals surface area contributed by atoms with Gasteiger partial charge in [0.2, 0.25) is 5.95 Å². The van der Waals surface area contributed by atoms with Crippen molar-refractivity contribution in [3.63, 3.8) is 0 Å². The molecule has 2 amide bonds. The predicted molar refractivity (Wildman–Crippen MR) is 130 cm³/mol. The minimum absolute atomic E-state index is 0.00798. The third kappa shape index (κ3) is 4.76. The molecule has 2 aliphatic rings. The average molecular weight is 441 g/mol. The number of hydrogen-bond donors (Lipinski definition) is 1. The van der Waals surface area contributed by atoms with Crippen molar-refractivity contribution < 1.29 is 9.59 Å². The number of aryl methyl sites for hydroxylation is 1. The van der Waals surface area contributed by atoms with Crippen LogP contribution in [0.25, 0.3) is 11.0 Å². The molecule has 7 heteroatoms. The molecule has 2 heterocycles. The SMILES string of the molecule is CCCCn1c(NC(=O)S2=CC=CC2)nc2cc(C(=O)N(C)C3CCCCC3)ccc21. The molecule has 6 nitrogen and oxygen atoms in total. The Morgan fingerprint density at radius 2 is 2.06 bits per heavy atom. The Morgan fingerprint density at radius 1 is 1.26 bits per heavy atom. The van der Waals surface area contributed by atoms with Crippen molar-refractivity contribution in [3.05, 3.63) is 35.9 Å². The standard InChI is InChI=1S/C24H32N4O2S/c1-3-4-14-28-21-13-12-18(22(29)27(2)19-10-6-5-7-11-19)17-20(21)25-23(28)26-24(30)31-15-8-9-16-31/h8-9,12-13,15,17,19H,3-7,10-11,14,16H2,1-2H3,(H,25,26,30). The van der Waals surface area contributed by atoms with Gasteiger partial charge in [-0.1, -0.05) is 55.2 Å². The minimum Gasteiger partial charge on any atom is -0.339 e. The lowest BCUT2D eigenvalue weighted by Gasteiger charge is -2.31. The largest absolute Gasteiger partial charge is 0.339 e. The molecule has 4 rings (SSSR count). The highest BCUT2D eigenvalue weighted by Gasteiger charge is 2.24. The zero-order chi connectivity index (χ0) is 21.8. The van der Waals surface area contributed by atoms with Gasteiger partial charge in [0.1, 0.15) is 0 Å². The van der Waals surface area contributed by atoms with E-state index >= 15 is 0 Å². The number of fused-ring (bicyclic) bond motifs is 1. The fourth-order valence-electron chi connectivity index (χ4n) is 4.40. The summed E-state index contributed by atoms with van der Waals surface area (Å²) in [6, 6.07) is 6.07. The number of nitrogens with one attached hydrogen (secondary N) is 1. The van der Waals surface area contributed by atoms with Gasteiger partial charge in [0.05, 0.1) is 11.0 Å². The summed E-state index contributed by atoms with van der Waals surface area (Å²) in [5.74, 6) is 1.38. The molecule has 1 saturated carbocycles. The number of nitrogens with zero attached hydrogens (tertiary/aromatic N) is 3. The number of amides is 2. The maximum Gasteiger partial charge on any atom is 0.280 e. The van der Waals surface area contributed by atoms with E-state index in [2.05, 4.69) is 16.8 Å². The molecule has 0 spiro atoms. The summed E-state index contributed by atoms with van der Waals surface area (Å²) in [4.78, 5) is 32.4. The van der Waals surface area contributed by atoms with Gasteiger partial charge < -0.3 is 9.47 Å². The van der Waals surface area contributed by atoms with Crippen molar-refractivity contribution in [1.29, 1.82) is 0 Å². The van der Waals surface area contributed by atoms with Crippen molar-refractivity contribution in [3.8, 4) is 0 Å². The molecule has 1 unspecified atom stereocenters. The molecule has 166 valence electrons. The Bertz CT molecular complexity index is 1030. The highest BCUT2D eigenvalue weighted by atomic mass is 32.2. The minimum atomic E-state index is -0.429. The summed E-state index contributed by atoms with van der Waals surface area (Å²) in [5.41, 5.74) is 2.37.